The van der Waals surface area contributed by atoms with Gasteiger partial charge in [-0.05, 0) is 53.6 Å². The molecule has 0 fully saturated rings. The second-order valence-corrected chi connectivity index (χ2v) is 15.1. The summed E-state index contributed by atoms with van der Waals surface area (Å²) in [4.78, 5) is 20.2. The first-order valence-electron chi connectivity index (χ1n) is 17.4. The molecule has 11 rings (SSSR count). The summed E-state index contributed by atoms with van der Waals surface area (Å²) in [5.41, 5.74) is 7.75. The van der Waals surface area contributed by atoms with Crippen molar-refractivity contribution in [3.05, 3.63) is 158 Å². The van der Waals surface area contributed by atoms with E-state index in [0.29, 0.717) is 23.4 Å². The zero-order valence-electron chi connectivity index (χ0n) is 28.0. The molecule has 0 saturated carbocycles. The van der Waals surface area contributed by atoms with Gasteiger partial charge in [-0.2, -0.15) is 0 Å². The predicted molar refractivity (Wildman–Crippen MR) is 220 cm³/mol. The molecule has 0 spiro atoms. The van der Waals surface area contributed by atoms with Crippen LogP contribution in [0.3, 0.4) is 0 Å². The van der Waals surface area contributed by atoms with E-state index >= 15 is 0 Å². The number of hydrogen-bond acceptors (Lipinski definition) is 7. The highest BCUT2D eigenvalue weighted by Gasteiger charge is 2.19. The molecule has 0 atom stereocenters. The van der Waals surface area contributed by atoms with Crippen LogP contribution in [0.5, 0.6) is 0 Å². The maximum absolute atomic E-state index is 6.12. The molecule has 0 N–H and O–H groups in total. The number of fused-ring (bicyclic) bond motifs is 7. The van der Waals surface area contributed by atoms with Gasteiger partial charge < -0.3 is 4.42 Å². The number of para-hydroxylation sites is 2. The number of nitrogens with zero attached hydrogens (tertiary/aromatic N) is 4. The summed E-state index contributed by atoms with van der Waals surface area (Å²) < 4.78 is 11.0. The number of aromatic nitrogens is 4. The second kappa shape index (κ2) is 12.0. The highest BCUT2D eigenvalue weighted by Crippen LogP contribution is 2.43. The Morgan fingerprint density at radius 3 is 2.02 bits per heavy atom. The van der Waals surface area contributed by atoms with E-state index in [2.05, 4.69) is 115 Å². The smallest absolute Gasteiger partial charge is 0.227 e. The topological polar surface area (TPSA) is 64.7 Å². The molecule has 4 aromatic heterocycles. The average molecular weight is 715 g/mol. The zero-order valence-corrected chi connectivity index (χ0v) is 29.7. The van der Waals surface area contributed by atoms with Crippen LogP contribution in [-0.2, 0) is 0 Å². The lowest BCUT2D eigenvalue weighted by Gasteiger charge is -2.11. The molecular formula is C46H26N4OS2. The van der Waals surface area contributed by atoms with Gasteiger partial charge in [-0.1, -0.05) is 115 Å². The summed E-state index contributed by atoms with van der Waals surface area (Å²) >= 11 is 3.59. The predicted octanol–water partition coefficient (Wildman–Crippen LogP) is 13.1. The third-order valence-electron chi connectivity index (χ3n) is 9.78. The maximum atomic E-state index is 6.12. The number of benzene rings is 7. The molecule has 0 radical (unpaired) electrons. The summed E-state index contributed by atoms with van der Waals surface area (Å²) in [5.74, 6) is 2.52. The third kappa shape index (κ3) is 5.04. The first-order chi connectivity index (χ1) is 26.2. The highest BCUT2D eigenvalue weighted by molar-refractivity contribution is 7.26. The average Bonchev–Trinajstić information content (AvgIpc) is 3.94. The summed E-state index contributed by atoms with van der Waals surface area (Å²) in [5, 5.41) is 4.83. The third-order valence-corrected chi connectivity index (χ3v) is 12.1. The van der Waals surface area contributed by atoms with Crippen LogP contribution in [0.15, 0.2) is 162 Å². The van der Waals surface area contributed by atoms with Crippen LogP contribution in [0.2, 0.25) is 0 Å². The molecule has 0 unspecified atom stereocenters. The van der Waals surface area contributed by atoms with Gasteiger partial charge in [-0.15, -0.1) is 22.7 Å². The molecule has 0 aliphatic heterocycles. The van der Waals surface area contributed by atoms with Crippen molar-refractivity contribution in [2.75, 3.05) is 0 Å². The van der Waals surface area contributed by atoms with Crippen LogP contribution in [0.25, 0.3) is 108 Å². The number of oxazole rings is 1. The van der Waals surface area contributed by atoms with E-state index in [1.807, 2.05) is 53.8 Å². The van der Waals surface area contributed by atoms with Crippen LogP contribution >= 0.6 is 22.7 Å². The van der Waals surface area contributed by atoms with Crippen molar-refractivity contribution in [3.8, 4) is 56.7 Å². The van der Waals surface area contributed by atoms with Crippen molar-refractivity contribution in [3.63, 3.8) is 0 Å². The molecule has 53 heavy (non-hydrogen) atoms. The van der Waals surface area contributed by atoms with Crippen molar-refractivity contribution in [1.29, 1.82) is 0 Å². The van der Waals surface area contributed by atoms with Gasteiger partial charge >= 0.3 is 0 Å². The van der Waals surface area contributed by atoms with Gasteiger partial charge in [0.1, 0.15) is 5.52 Å². The molecule has 0 saturated heterocycles. The standard InChI is InChI=1S/C46H26N4OS2/c1-2-11-27(12-3-1)43-48-44(29-14-8-13-28(25-29)31-16-9-17-33-32-15-4-7-21-38(32)53-42(31)33)50-45(49-43)35-18-10-22-39-41(35)34-24-23-30(26-40(34)52-39)46-47-36-19-5-6-20-37(36)51-46/h1-26H. The Hall–Kier alpha value is -6.54. The van der Waals surface area contributed by atoms with E-state index in [4.69, 9.17) is 24.4 Å². The molecule has 0 aliphatic rings. The Labute approximate surface area is 311 Å². The monoisotopic (exact) mass is 714 g/mol. The van der Waals surface area contributed by atoms with E-state index in [9.17, 15) is 0 Å². The van der Waals surface area contributed by atoms with Gasteiger partial charge in [0.25, 0.3) is 0 Å². The number of thiophene rings is 2. The summed E-state index contributed by atoms with van der Waals surface area (Å²) in [6.45, 7) is 0. The van der Waals surface area contributed by atoms with E-state index in [-0.39, 0.29) is 0 Å². The summed E-state index contributed by atoms with van der Waals surface area (Å²) in [7, 11) is 0. The van der Waals surface area contributed by atoms with E-state index in [0.717, 1.165) is 59.1 Å². The Kier molecular flexibility index (Phi) is 6.83. The molecule has 11 aromatic rings. The number of rotatable bonds is 5. The van der Waals surface area contributed by atoms with Gasteiger partial charge in [0.05, 0.1) is 0 Å². The van der Waals surface area contributed by atoms with Gasteiger partial charge in [0, 0.05) is 62.6 Å². The molecule has 4 heterocycles. The minimum Gasteiger partial charge on any atom is -0.436 e. The molecule has 0 amide bonds. The lowest BCUT2D eigenvalue weighted by atomic mass is 10.0. The summed E-state index contributed by atoms with van der Waals surface area (Å²) in [6.07, 6.45) is 0. The van der Waals surface area contributed by atoms with Crippen LogP contribution in [0.1, 0.15) is 0 Å². The highest BCUT2D eigenvalue weighted by atomic mass is 32.1. The molecule has 0 aliphatic carbocycles. The van der Waals surface area contributed by atoms with Gasteiger partial charge in [-0.3, -0.25) is 0 Å². The Morgan fingerprint density at radius 2 is 1.09 bits per heavy atom. The number of hydrogen-bond donors (Lipinski definition) is 0. The minimum absolute atomic E-state index is 0.617. The van der Waals surface area contributed by atoms with E-state index in [1.54, 1.807) is 11.3 Å². The quantitative estimate of drug-likeness (QED) is 0.178. The Bertz CT molecular complexity index is 3160. The minimum atomic E-state index is 0.617. The lowest BCUT2D eigenvalue weighted by Crippen LogP contribution is -2.00. The van der Waals surface area contributed by atoms with Gasteiger partial charge in [0.15, 0.2) is 23.1 Å². The largest absolute Gasteiger partial charge is 0.436 e. The first kappa shape index (κ1) is 30.1. The second-order valence-electron chi connectivity index (χ2n) is 13.0. The molecule has 7 heteroatoms. The van der Waals surface area contributed by atoms with Crippen LogP contribution < -0.4 is 0 Å². The zero-order chi connectivity index (χ0) is 34.9. The molecule has 7 aromatic carbocycles. The van der Waals surface area contributed by atoms with Crippen molar-refractivity contribution in [2.24, 2.45) is 0 Å². The van der Waals surface area contributed by atoms with Crippen LogP contribution in [0.4, 0.5) is 0 Å². The molecular weight excluding hydrogens is 689 g/mol. The lowest BCUT2D eigenvalue weighted by molar-refractivity contribution is 0.620. The molecule has 5 nitrogen and oxygen atoms in total. The van der Waals surface area contributed by atoms with Crippen molar-refractivity contribution >= 4 is 74.1 Å². The fourth-order valence-electron chi connectivity index (χ4n) is 7.28. The fourth-order valence-corrected chi connectivity index (χ4v) is 9.69. The van der Waals surface area contributed by atoms with Crippen LogP contribution in [0, 0.1) is 0 Å². The Morgan fingerprint density at radius 1 is 0.396 bits per heavy atom. The molecule has 0 bridgehead atoms. The maximum Gasteiger partial charge on any atom is 0.227 e. The van der Waals surface area contributed by atoms with Gasteiger partial charge in [0.2, 0.25) is 5.89 Å². The fraction of sp³-hybridized carbons (Fsp3) is 0. The van der Waals surface area contributed by atoms with Gasteiger partial charge in [-0.25, -0.2) is 19.9 Å². The Balaban J connectivity index is 1.07. The van der Waals surface area contributed by atoms with Crippen LogP contribution in [-0.4, -0.2) is 19.9 Å². The van der Waals surface area contributed by atoms with Crippen molar-refractivity contribution < 1.29 is 4.42 Å². The van der Waals surface area contributed by atoms with E-state index < -0.39 is 0 Å². The van der Waals surface area contributed by atoms with Crippen molar-refractivity contribution in [1.82, 2.24) is 19.9 Å². The first-order valence-corrected chi connectivity index (χ1v) is 19.0. The SMILES string of the molecule is c1ccc(-c2nc(-c3cccc(-c4cccc5c4sc4ccccc45)c3)nc(-c3cccc4sc5cc(-c6nc7ccccc7o6)ccc5c34)n2)cc1. The van der Waals surface area contributed by atoms with E-state index in [1.165, 1.54) is 25.7 Å². The van der Waals surface area contributed by atoms with Crippen molar-refractivity contribution in [2.45, 2.75) is 0 Å². The normalized spacial score (nSPS) is 11.8. The molecule has 248 valence electrons. The summed E-state index contributed by atoms with van der Waals surface area (Å²) in [6, 6.07) is 54.6.